The maximum atomic E-state index is 11.4. The molecule has 1 rings (SSSR count). The van der Waals surface area contributed by atoms with Gasteiger partial charge in [0.1, 0.15) is 5.88 Å². The van der Waals surface area contributed by atoms with Crippen molar-refractivity contribution in [3.63, 3.8) is 0 Å². The smallest absolute Gasteiger partial charge is 0.237 e. The van der Waals surface area contributed by atoms with Crippen molar-refractivity contribution in [2.75, 3.05) is 33.1 Å². The molecule has 1 aliphatic rings. The summed E-state index contributed by atoms with van der Waals surface area (Å²) in [6.45, 7) is 1.83. The lowest BCUT2D eigenvalue weighted by Gasteiger charge is -2.26. The van der Waals surface area contributed by atoms with Crippen LogP contribution in [0.1, 0.15) is 12.8 Å². The van der Waals surface area contributed by atoms with E-state index in [0.717, 1.165) is 25.9 Å². The second kappa shape index (κ2) is 4.82. The molecule has 1 atom stereocenters. The fourth-order valence-electron chi connectivity index (χ4n) is 1.85. The summed E-state index contributed by atoms with van der Waals surface area (Å²) in [5, 5.41) is 0. The second-order valence-electron chi connectivity index (χ2n) is 3.78. The van der Waals surface area contributed by atoms with Gasteiger partial charge in [-0.25, -0.2) is 0 Å². The maximum absolute atomic E-state index is 11.4. The van der Waals surface area contributed by atoms with Gasteiger partial charge >= 0.3 is 0 Å². The molecule has 13 heavy (non-hydrogen) atoms. The summed E-state index contributed by atoms with van der Waals surface area (Å²) >= 11 is 5.53. The summed E-state index contributed by atoms with van der Waals surface area (Å²) in [5.74, 6) is 0.190. The number of hydrogen-bond acceptors (Lipinski definition) is 2. The fraction of sp³-hybridized carbons (Fsp3) is 0.889. The van der Waals surface area contributed by atoms with Crippen LogP contribution >= 0.6 is 11.6 Å². The molecule has 0 aromatic heterocycles. The molecule has 1 amide bonds. The van der Waals surface area contributed by atoms with Gasteiger partial charge in [0.2, 0.25) is 5.91 Å². The van der Waals surface area contributed by atoms with Crippen LogP contribution in [0.4, 0.5) is 0 Å². The number of rotatable bonds is 3. The molecule has 0 unspecified atom stereocenters. The van der Waals surface area contributed by atoms with E-state index in [0.29, 0.717) is 6.04 Å². The first-order chi connectivity index (χ1) is 6.15. The Kier molecular flexibility index (Phi) is 4.00. The predicted molar refractivity (Wildman–Crippen MR) is 54.0 cm³/mol. The first-order valence-electron chi connectivity index (χ1n) is 4.65. The van der Waals surface area contributed by atoms with Crippen molar-refractivity contribution in [3.05, 3.63) is 0 Å². The van der Waals surface area contributed by atoms with Gasteiger partial charge in [0, 0.05) is 19.1 Å². The lowest BCUT2D eigenvalue weighted by Crippen LogP contribution is -2.41. The summed E-state index contributed by atoms with van der Waals surface area (Å²) in [6, 6.07) is 0.376. The highest BCUT2D eigenvalue weighted by atomic mass is 35.5. The van der Waals surface area contributed by atoms with Crippen molar-refractivity contribution >= 4 is 17.5 Å². The van der Waals surface area contributed by atoms with Crippen LogP contribution < -0.4 is 0 Å². The van der Waals surface area contributed by atoms with Crippen LogP contribution in [-0.2, 0) is 4.79 Å². The van der Waals surface area contributed by atoms with Crippen molar-refractivity contribution in [1.82, 2.24) is 9.80 Å². The Morgan fingerprint density at radius 2 is 2.31 bits per heavy atom. The zero-order chi connectivity index (χ0) is 9.84. The first kappa shape index (κ1) is 10.8. The fourth-order valence-corrected chi connectivity index (χ4v) is 2.01. The molecule has 0 saturated carbocycles. The van der Waals surface area contributed by atoms with Gasteiger partial charge in [-0.2, -0.15) is 0 Å². The van der Waals surface area contributed by atoms with Crippen LogP contribution in [-0.4, -0.2) is 54.8 Å². The summed E-state index contributed by atoms with van der Waals surface area (Å²) in [7, 11) is 4.06. The molecular formula is C9H17ClN2O. The molecule has 0 bridgehead atoms. The van der Waals surface area contributed by atoms with Gasteiger partial charge in [0.15, 0.2) is 0 Å². The minimum atomic E-state index is 0.0750. The normalized spacial score (nSPS) is 22.8. The van der Waals surface area contributed by atoms with Gasteiger partial charge < -0.3 is 9.80 Å². The lowest BCUT2D eigenvalue weighted by molar-refractivity contribution is -0.129. The van der Waals surface area contributed by atoms with E-state index >= 15 is 0 Å². The summed E-state index contributed by atoms with van der Waals surface area (Å²) in [6.07, 6.45) is 2.22. The Balaban J connectivity index is 2.48. The molecule has 1 aliphatic heterocycles. The number of likely N-dealkylation sites (tertiary alicyclic amines) is 1. The third kappa shape index (κ3) is 2.85. The third-order valence-corrected chi connectivity index (χ3v) is 2.62. The molecule has 0 N–H and O–H groups in total. The largest absolute Gasteiger partial charge is 0.337 e. The molecule has 1 heterocycles. The van der Waals surface area contributed by atoms with Crippen molar-refractivity contribution in [1.29, 1.82) is 0 Å². The third-order valence-electron chi connectivity index (χ3n) is 2.39. The number of carbonyl (C=O) groups is 1. The van der Waals surface area contributed by atoms with E-state index in [4.69, 9.17) is 11.6 Å². The summed E-state index contributed by atoms with van der Waals surface area (Å²) < 4.78 is 0. The molecule has 0 aromatic carbocycles. The predicted octanol–water partition coefficient (Wildman–Crippen LogP) is 0.778. The minimum Gasteiger partial charge on any atom is -0.337 e. The molecule has 76 valence electrons. The molecule has 0 spiro atoms. The quantitative estimate of drug-likeness (QED) is 0.635. The summed E-state index contributed by atoms with van der Waals surface area (Å²) in [4.78, 5) is 15.4. The number of amides is 1. The molecular weight excluding hydrogens is 188 g/mol. The molecule has 0 aromatic rings. The van der Waals surface area contributed by atoms with Gasteiger partial charge in [-0.15, -0.1) is 11.6 Å². The van der Waals surface area contributed by atoms with E-state index < -0.39 is 0 Å². The van der Waals surface area contributed by atoms with Crippen LogP contribution in [0.25, 0.3) is 0 Å². The highest BCUT2D eigenvalue weighted by Gasteiger charge is 2.27. The number of likely N-dealkylation sites (N-methyl/N-ethyl adjacent to an activating group) is 1. The van der Waals surface area contributed by atoms with Crippen molar-refractivity contribution in [2.24, 2.45) is 0 Å². The van der Waals surface area contributed by atoms with Gasteiger partial charge in [-0.05, 0) is 26.9 Å². The Morgan fingerprint density at radius 1 is 1.62 bits per heavy atom. The van der Waals surface area contributed by atoms with Crippen LogP contribution in [0.3, 0.4) is 0 Å². The average Bonchev–Trinajstić information content (AvgIpc) is 2.50. The van der Waals surface area contributed by atoms with Gasteiger partial charge in [0.25, 0.3) is 0 Å². The Hall–Kier alpha value is -0.280. The number of hydrogen-bond donors (Lipinski definition) is 0. The number of carbonyl (C=O) groups excluding carboxylic acids is 1. The Bertz CT molecular complexity index is 184. The van der Waals surface area contributed by atoms with Gasteiger partial charge in [0.05, 0.1) is 0 Å². The van der Waals surface area contributed by atoms with E-state index in [2.05, 4.69) is 4.90 Å². The molecule has 0 radical (unpaired) electrons. The lowest BCUT2D eigenvalue weighted by atomic mass is 10.2. The van der Waals surface area contributed by atoms with Crippen molar-refractivity contribution in [3.8, 4) is 0 Å². The Morgan fingerprint density at radius 3 is 2.85 bits per heavy atom. The average molecular weight is 205 g/mol. The van der Waals surface area contributed by atoms with E-state index in [9.17, 15) is 4.79 Å². The molecule has 1 saturated heterocycles. The molecule has 3 nitrogen and oxygen atoms in total. The number of nitrogens with zero attached hydrogens (tertiary/aromatic N) is 2. The zero-order valence-corrected chi connectivity index (χ0v) is 9.05. The summed E-state index contributed by atoms with van der Waals surface area (Å²) in [5.41, 5.74) is 0. The zero-order valence-electron chi connectivity index (χ0n) is 8.29. The van der Waals surface area contributed by atoms with Crippen LogP contribution in [0.5, 0.6) is 0 Å². The maximum Gasteiger partial charge on any atom is 0.237 e. The Labute approximate surface area is 84.6 Å². The van der Waals surface area contributed by atoms with Crippen LogP contribution in [0.15, 0.2) is 0 Å². The topological polar surface area (TPSA) is 23.6 Å². The number of halogens is 1. The van der Waals surface area contributed by atoms with E-state index in [1.165, 1.54) is 0 Å². The number of alkyl halides is 1. The van der Waals surface area contributed by atoms with Gasteiger partial charge in [-0.1, -0.05) is 0 Å². The van der Waals surface area contributed by atoms with Crippen LogP contribution in [0, 0.1) is 0 Å². The monoisotopic (exact) mass is 204 g/mol. The molecule has 1 fully saturated rings. The van der Waals surface area contributed by atoms with Crippen molar-refractivity contribution in [2.45, 2.75) is 18.9 Å². The highest BCUT2D eigenvalue weighted by molar-refractivity contribution is 6.27. The molecule has 4 heteroatoms. The first-order valence-corrected chi connectivity index (χ1v) is 5.18. The highest BCUT2D eigenvalue weighted by Crippen LogP contribution is 2.17. The van der Waals surface area contributed by atoms with E-state index in [1.54, 1.807) is 0 Å². The molecule has 0 aliphatic carbocycles. The second-order valence-corrected chi connectivity index (χ2v) is 4.05. The van der Waals surface area contributed by atoms with E-state index in [-0.39, 0.29) is 11.8 Å². The standard InChI is InChI=1S/C9H17ClN2O/c1-11(2)7-8-4-3-5-12(8)9(13)6-10/h8H,3-7H2,1-2H3/t8-/m1/s1. The van der Waals surface area contributed by atoms with E-state index in [1.807, 2.05) is 19.0 Å². The SMILES string of the molecule is CN(C)C[C@H]1CCCN1C(=O)CCl. The van der Waals surface area contributed by atoms with Crippen LogP contribution in [0.2, 0.25) is 0 Å². The van der Waals surface area contributed by atoms with Gasteiger partial charge in [-0.3, -0.25) is 4.79 Å². The van der Waals surface area contributed by atoms with Crippen molar-refractivity contribution < 1.29 is 4.79 Å². The minimum absolute atomic E-state index is 0.0750.